The third-order valence-corrected chi connectivity index (χ3v) is 5.24. The molecule has 0 unspecified atom stereocenters. The monoisotopic (exact) mass is 432 g/mol. The second-order valence-electron chi connectivity index (χ2n) is 6.63. The third kappa shape index (κ3) is 4.67. The van der Waals surface area contributed by atoms with E-state index in [1.165, 1.54) is 0 Å². The molecule has 1 N–H and O–H groups in total. The Labute approximate surface area is 185 Å². The van der Waals surface area contributed by atoms with E-state index in [-0.39, 0.29) is 0 Å². The second kappa shape index (κ2) is 9.08. The van der Waals surface area contributed by atoms with Crippen molar-refractivity contribution in [3.8, 4) is 22.6 Å². The maximum atomic E-state index is 6.12. The van der Waals surface area contributed by atoms with Crippen LogP contribution in [0.15, 0.2) is 90.0 Å². The van der Waals surface area contributed by atoms with E-state index in [9.17, 15) is 0 Å². The van der Waals surface area contributed by atoms with Gasteiger partial charge in [-0.2, -0.15) is 5.10 Å². The molecule has 1 heterocycles. The largest absolute Gasteiger partial charge is 0.261 e. The first-order valence-electron chi connectivity index (χ1n) is 9.36. The number of nitrogens with zero attached hydrogens (tertiary/aromatic N) is 3. The van der Waals surface area contributed by atoms with Gasteiger partial charge in [-0.05, 0) is 24.6 Å². The lowest BCUT2D eigenvalue weighted by molar-refractivity contribution is 1.15. The molecule has 148 valence electrons. The molecular weight excluding hydrogens is 415 g/mol. The van der Waals surface area contributed by atoms with Crippen molar-refractivity contribution in [1.29, 1.82) is 0 Å². The molecule has 0 aliphatic rings. The van der Waals surface area contributed by atoms with Gasteiger partial charge in [-0.1, -0.05) is 89.9 Å². The van der Waals surface area contributed by atoms with Crippen LogP contribution < -0.4 is 5.43 Å². The zero-order chi connectivity index (χ0) is 20.9. The van der Waals surface area contributed by atoms with Gasteiger partial charge in [-0.3, -0.25) is 5.43 Å². The summed E-state index contributed by atoms with van der Waals surface area (Å²) in [5, 5.41) is 5.48. The molecule has 0 aliphatic heterocycles. The first kappa shape index (κ1) is 20.1. The predicted molar refractivity (Wildman–Crippen MR) is 125 cm³/mol. The van der Waals surface area contributed by atoms with Crippen LogP contribution in [0.2, 0.25) is 10.0 Å². The third-order valence-electron chi connectivity index (χ3n) is 4.50. The van der Waals surface area contributed by atoms with Crippen molar-refractivity contribution in [2.45, 2.75) is 6.92 Å². The molecule has 1 aromatic heterocycles. The minimum Gasteiger partial charge on any atom is -0.261 e. The Morgan fingerprint density at radius 1 is 0.767 bits per heavy atom. The highest BCUT2D eigenvalue weighted by Gasteiger charge is 2.09. The lowest BCUT2D eigenvalue weighted by atomic mass is 10.1. The molecule has 3 aromatic carbocycles. The van der Waals surface area contributed by atoms with E-state index in [0.29, 0.717) is 21.7 Å². The molecule has 4 nitrogen and oxygen atoms in total. The smallest absolute Gasteiger partial charge is 0.162 e. The van der Waals surface area contributed by atoms with Crippen LogP contribution in [0.4, 0.5) is 5.82 Å². The van der Waals surface area contributed by atoms with Crippen LogP contribution in [0.25, 0.3) is 22.6 Å². The van der Waals surface area contributed by atoms with E-state index in [2.05, 4.69) is 15.5 Å². The highest BCUT2D eigenvalue weighted by Crippen LogP contribution is 2.25. The van der Waals surface area contributed by atoms with Crippen molar-refractivity contribution in [2.75, 3.05) is 5.43 Å². The normalized spacial score (nSPS) is 11.4. The number of benzene rings is 3. The zero-order valence-electron chi connectivity index (χ0n) is 16.2. The number of aromatic nitrogens is 2. The first-order valence-corrected chi connectivity index (χ1v) is 10.1. The van der Waals surface area contributed by atoms with Crippen LogP contribution in [0.5, 0.6) is 0 Å². The lowest BCUT2D eigenvalue weighted by Gasteiger charge is -2.09. The molecule has 0 radical (unpaired) electrons. The summed E-state index contributed by atoms with van der Waals surface area (Å²) in [7, 11) is 0. The molecule has 0 fully saturated rings. The van der Waals surface area contributed by atoms with Crippen molar-refractivity contribution >= 4 is 34.7 Å². The molecule has 0 amide bonds. The van der Waals surface area contributed by atoms with Gasteiger partial charge in [0.2, 0.25) is 0 Å². The maximum absolute atomic E-state index is 6.12. The Morgan fingerprint density at radius 3 is 2.10 bits per heavy atom. The summed E-state index contributed by atoms with van der Waals surface area (Å²) in [6, 6.07) is 27.2. The first-order chi connectivity index (χ1) is 14.6. The molecule has 0 spiro atoms. The van der Waals surface area contributed by atoms with Crippen LogP contribution in [-0.2, 0) is 0 Å². The van der Waals surface area contributed by atoms with Crippen molar-refractivity contribution in [3.63, 3.8) is 0 Å². The Morgan fingerprint density at radius 2 is 1.43 bits per heavy atom. The predicted octanol–water partition coefficient (Wildman–Crippen LogP) is 6.95. The van der Waals surface area contributed by atoms with Crippen molar-refractivity contribution in [1.82, 2.24) is 9.97 Å². The summed E-state index contributed by atoms with van der Waals surface area (Å²) in [6.45, 7) is 1.89. The number of hydrazone groups is 1. The Hall–Kier alpha value is -3.21. The average Bonchev–Trinajstić information content (AvgIpc) is 2.80. The van der Waals surface area contributed by atoms with Gasteiger partial charge in [0, 0.05) is 17.2 Å². The van der Waals surface area contributed by atoms with Gasteiger partial charge >= 0.3 is 0 Å². The minimum atomic E-state index is 0.489. The highest BCUT2D eigenvalue weighted by atomic mass is 35.5. The van der Waals surface area contributed by atoms with E-state index in [1.807, 2.05) is 79.7 Å². The topological polar surface area (TPSA) is 50.2 Å². The molecule has 30 heavy (non-hydrogen) atoms. The van der Waals surface area contributed by atoms with Gasteiger partial charge in [-0.15, -0.1) is 0 Å². The van der Waals surface area contributed by atoms with Gasteiger partial charge in [0.1, 0.15) is 0 Å². The summed E-state index contributed by atoms with van der Waals surface area (Å²) in [4.78, 5) is 9.40. The Kier molecular flexibility index (Phi) is 6.07. The molecule has 0 atom stereocenters. The Bertz CT molecular complexity index is 1130. The molecule has 0 saturated carbocycles. The van der Waals surface area contributed by atoms with Crippen LogP contribution in [-0.4, -0.2) is 15.7 Å². The second-order valence-corrected chi connectivity index (χ2v) is 7.45. The van der Waals surface area contributed by atoms with Crippen LogP contribution >= 0.6 is 23.2 Å². The SMILES string of the molecule is C/C(=N/Nc1cc(-c2ccccc2)nc(-c2ccccc2)n1)c1ccc(Cl)c(Cl)c1. The lowest BCUT2D eigenvalue weighted by Crippen LogP contribution is -2.03. The molecule has 6 heteroatoms. The Balaban J connectivity index is 1.70. The van der Waals surface area contributed by atoms with E-state index in [0.717, 1.165) is 28.1 Å². The van der Waals surface area contributed by atoms with Gasteiger partial charge in [0.15, 0.2) is 11.6 Å². The summed E-state index contributed by atoms with van der Waals surface area (Å²) in [5.74, 6) is 1.23. The van der Waals surface area contributed by atoms with E-state index < -0.39 is 0 Å². The van der Waals surface area contributed by atoms with Crippen molar-refractivity contribution in [2.24, 2.45) is 5.10 Å². The number of nitrogens with one attached hydrogen (secondary N) is 1. The summed E-state index contributed by atoms with van der Waals surface area (Å²) < 4.78 is 0. The fourth-order valence-electron chi connectivity index (χ4n) is 2.90. The summed E-state index contributed by atoms with van der Waals surface area (Å²) >= 11 is 12.1. The van der Waals surface area contributed by atoms with Gasteiger partial charge in [0.05, 0.1) is 21.5 Å². The molecule has 0 bridgehead atoms. The number of hydrogen-bond donors (Lipinski definition) is 1. The number of rotatable bonds is 5. The standard InChI is InChI=1S/C24H18Cl2N4/c1-16(19-12-13-20(25)21(26)14-19)29-30-23-15-22(17-8-4-2-5-9-17)27-24(28-23)18-10-6-3-7-11-18/h2-15H,1H3,(H,27,28,30)/b29-16-. The quantitative estimate of drug-likeness (QED) is 0.274. The molecular formula is C24H18Cl2N4. The van der Waals surface area contributed by atoms with E-state index in [1.54, 1.807) is 12.1 Å². The molecule has 0 saturated heterocycles. The minimum absolute atomic E-state index is 0.489. The highest BCUT2D eigenvalue weighted by molar-refractivity contribution is 6.42. The van der Waals surface area contributed by atoms with Crippen molar-refractivity contribution in [3.05, 3.63) is 101 Å². The average molecular weight is 433 g/mol. The van der Waals surface area contributed by atoms with E-state index >= 15 is 0 Å². The molecule has 4 aromatic rings. The van der Waals surface area contributed by atoms with Crippen LogP contribution in [0, 0.1) is 0 Å². The summed E-state index contributed by atoms with van der Waals surface area (Å²) in [6.07, 6.45) is 0. The van der Waals surface area contributed by atoms with Gasteiger partial charge < -0.3 is 0 Å². The fourth-order valence-corrected chi connectivity index (χ4v) is 3.20. The van der Waals surface area contributed by atoms with Gasteiger partial charge in [-0.25, -0.2) is 9.97 Å². The number of halogens is 2. The number of hydrogen-bond acceptors (Lipinski definition) is 4. The fraction of sp³-hybridized carbons (Fsp3) is 0.0417. The van der Waals surface area contributed by atoms with Crippen LogP contribution in [0.1, 0.15) is 12.5 Å². The molecule has 4 rings (SSSR count). The molecule has 0 aliphatic carbocycles. The van der Waals surface area contributed by atoms with Crippen molar-refractivity contribution < 1.29 is 0 Å². The maximum Gasteiger partial charge on any atom is 0.162 e. The summed E-state index contributed by atoms with van der Waals surface area (Å²) in [5.41, 5.74) is 7.44. The number of anilines is 1. The zero-order valence-corrected chi connectivity index (χ0v) is 17.7. The van der Waals surface area contributed by atoms with E-state index in [4.69, 9.17) is 28.2 Å². The van der Waals surface area contributed by atoms with Gasteiger partial charge in [0.25, 0.3) is 0 Å². The van der Waals surface area contributed by atoms with Crippen LogP contribution in [0.3, 0.4) is 0 Å².